The molecule has 1 amide bonds. The molecule has 10 heteroatoms. The number of alkyl halides is 3. The van der Waals surface area contributed by atoms with Crippen LogP contribution in [0.4, 0.5) is 19.1 Å². The first kappa shape index (κ1) is 15.9. The Morgan fingerprint density at radius 3 is 2.85 bits per heavy atom. The first-order chi connectivity index (χ1) is 9.27. The van der Waals surface area contributed by atoms with Gasteiger partial charge in [-0.1, -0.05) is 11.9 Å². The summed E-state index contributed by atoms with van der Waals surface area (Å²) in [6, 6.07) is 0. The van der Waals surface area contributed by atoms with Crippen LogP contribution in [0.2, 0.25) is 0 Å². The fourth-order valence-corrected chi connectivity index (χ4v) is 1.38. The first-order valence-corrected chi connectivity index (χ1v) is 5.72. The molecule has 7 nitrogen and oxygen atoms in total. The summed E-state index contributed by atoms with van der Waals surface area (Å²) in [7, 11) is 0. The predicted molar refractivity (Wildman–Crippen MR) is 62.0 cm³/mol. The Labute approximate surface area is 111 Å². The molecule has 1 N–H and O–H groups in total. The maximum Gasteiger partial charge on any atom is 0.435 e. The number of carbonyl (C=O) groups excluding carboxylic acids is 1. The lowest BCUT2D eigenvalue weighted by atomic mass is 10.1. The summed E-state index contributed by atoms with van der Waals surface area (Å²) < 4.78 is 39.9. The van der Waals surface area contributed by atoms with Crippen LogP contribution >= 0.6 is 0 Å². The van der Waals surface area contributed by atoms with Gasteiger partial charge in [0.2, 0.25) is 0 Å². The third kappa shape index (κ3) is 3.93. The van der Waals surface area contributed by atoms with Crippen LogP contribution in [-0.2, 0) is 11.3 Å². The number of nitrogens with zero attached hydrogens (tertiary/aromatic N) is 3. The second kappa shape index (κ2) is 6.35. The van der Waals surface area contributed by atoms with Gasteiger partial charge in [-0.3, -0.25) is 4.79 Å². The van der Waals surface area contributed by atoms with E-state index in [4.69, 9.17) is 0 Å². The van der Waals surface area contributed by atoms with E-state index in [1.807, 2.05) is 5.32 Å². The molecule has 0 bridgehead atoms. The van der Waals surface area contributed by atoms with Crippen molar-refractivity contribution in [3.05, 3.63) is 22.5 Å². The van der Waals surface area contributed by atoms with Crippen LogP contribution in [0.15, 0.2) is 12.4 Å². The van der Waals surface area contributed by atoms with E-state index < -0.39 is 48.4 Å². The molecule has 1 aromatic heterocycles. The number of aromatic nitrogens is 2. The summed E-state index contributed by atoms with van der Waals surface area (Å²) >= 11 is 0. The minimum Gasteiger partial charge on any atom is -0.390 e. The Hall–Kier alpha value is -2.13. The lowest BCUT2D eigenvalue weighted by Gasteiger charge is -2.19. The maximum atomic E-state index is 13.1. The van der Waals surface area contributed by atoms with E-state index >= 15 is 0 Å². The summed E-state index contributed by atoms with van der Waals surface area (Å²) in [5, 5.41) is 12.5. The zero-order valence-corrected chi connectivity index (χ0v) is 10.6. The highest BCUT2D eigenvalue weighted by molar-refractivity contribution is 5.76. The molecule has 0 spiro atoms. The molecule has 0 saturated carbocycles. The normalized spacial score (nSPS) is 13.0. The van der Waals surface area contributed by atoms with Crippen LogP contribution < -0.4 is 5.32 Å². The number of nitro groups is 1. The van der Waals surface area contributed by atoms with Crippen LogP contribution in [-0.4, -0.2) is 39.0 Å². The van der Waals surface area contributed by atoms with Gasteiger partial charge in [-0.15, -0.1) is 0 Å². The summed E-state index contributed by atoms with van der Waals surface area (Å²) in [5.41, 5.74) is 0. The lowest BCUT2D eigenvalue weighted by molar-refractivity contribution is -0.396. The largest absolute Gasteiger partial charge is 0.435 e. The van der Waals surface area contributed by atoms with Crippen molar-refractivity contribution in [2.24, 2.45) is 0 Å². The quantitative estimate of drug-likeness (QED) is 0.606. The van der Waals surface area contributed by atoms with Crippen molar-refractivity contribution in [2.45, 2.75) is 32.0 Å². The van der Waals surface area contributed by atoms with Gasteiger partial charge in [0.05, 0.1) is 6.54 Å². The van der Waals surface area contributed by atoms with Crippen LogP contribution in [0, 0.1) is 10.1 Å². The zero-order valence-electron chi connectivity index (χ0n) is 10.6. The minimum atomic E-state index is -3.52. The van der Waals surface area contributed by atoms with Crippen molar-refractivity contribution < 1.29 is 22.9 Å². The van der Waals surface area contributed by atoms with Gasteiger partial charge in [0, 0.05) is 6.42 Å². The molecule has 0 aliphatic rings. The topological polar surface area (TPSA) is 90.1 Å². The number of hydrogen-bond acceptors (Lipinski definition) is 4. The van der Waals surface area contributed by atoms with E-state index in [9.17, 15) is 28.1 Å². The lowest BCUT2D eigenvalue weighted by Crippen LogP contribution is -2.41. The standard InChI is InChI=1S/C10H13F3N4O3/c1-2-10(12,13)7(11)5-15-8(18)6-16-4-3-14-9(16)17(19)20/h3-4,7H,2,5-6H2,1H3,(H,15,18). The molecule has 20 heavy (non-hydrogen) atoms. The van der Waals surface area contributed by atoms with E-state index in [1.54, 1.807) is 0 Å². The van der Waals surface area contributed by atoms with Gasteiger partial charge in [0.15, 0.2) is 12.7 Å². The third-order valence-electron chi connectivity index (χ3n) is 2.58. The van der Waals surface area contributed by atoms with Gasteiger partial charge < -0.3 is 15.4 Å². The zero-order chi connectivity index (χ0) is 15.3. The molecule has 1 atom stereocenters. The molecular formula is C10H13F3N4O3. The van der Waals surface area contributed by atoms with E-state index in [1.165, 1.54) is 6.20 Å². The van der Waals surface area contributed by atoms with Gasteiger partial charge in [-0.05, 0) is 4.92 Å². The second-order valence-electron chi connectivity index (χ2n) is 4.00. The SMILES string of the molecule is CCC(F)(F)C(F)CNC(=O)Cn1ccnc1[N+](=O)[O-]. The van der Waals surface area contributed by atoms with Crippen LogP contribution in [0.25, 0.3) is 0 Å². The summed E-state index contributed by atoms with van der Waals surface area (Å²) in [4.78, 5) is 24.6. The van der Waals surface area contributed by atoms with Crippen molar-refractivity contribution in [1.82, 2.24) is 14.9 Å². The highest BCUT2D eigenvalue weighted by atomic mass is 19.3. The van der Waals surface area contributed by atoms with Crippen molar-refractivity contribution >= 4 is 11.9 Å². The third-order valence-corrected chi connectivity index (χ3v) is 2.58. The minimum absolute atomic E-state index is 0.499. The molecule has 1 aromatic rings. The molecule has 112 valence electrons. The van der Waals surface area contributed by atoms with Crippen molar-refractivity contribution in [2.75, 3.05) is 6.54 Å². The maximum absolute atomic E-state index is 13.1. The molecular weight excluding hydrogens is 281 g/mol. The molecule has 1 rings (SSSR count). The van der Waals surface area contributed by atoms with E-state index in [0.717, 1.165) is 17.7 Å². The molecule has 1 unspecified atom stereocenters. The molecule has 0 aliphatic heterocycles. The van der Waals surface area contributed by atoms with Crippen molar-refractivity contribution in [3.8, 4) is 0 Å². The van der Waals surface area contributed by atoms with Crippen LogP contribution in [0.3, 0.4) is 0 Å². The summed E-state index contributed by atoms with van der Waals surface area (Å²) in [6.07, 6.45) is -0.883. The fourth-order valence-electron chi connectivity index (χ4n) is 1.38. The average molecular weight is 294 g/mol. The van der Waals surface area contributed by atoms with Gasteiger partial charge in [0.25, 0.3) is 11.8 Å². The van der Waals surface area contributed by atoms with Gasteiger partial charge >= 0.3 is 5.95 Å². The number of amides is 1. The van der Waals surface area contributed by atoms with E-state index in [0.29, 0.717) is 0 Å². The van der Waals surface area contributed by atoms with Gasteiger partial charge in [-0.2, -0.15) is 0 Å². The number of imidazole rings is 1. The number of carbonyl (C=O) groups is 1. The Kier molecular flexibility index (Phi) is 5.06. The highest BCUT2D eigenvalue weighted by Crippen LogP contribution is 2.24. The molecule has 0 radical (unpaired) electrons. The van der Waals surface area contributed by atoms with E-state index in [2.05, 4.69) is 4.98 Å². The average Bonchev–Trinajstić information content (AvgIpc) is 2.84. The summed E-state index contributed by atoms with van der Waals surface area (Å²) in [5.74, 6) is -4.90. The predicted octanol–water partition coefficient (Wildman–Crippen LogP) is 1.29. The summed E-state index contributed by atoms with van der Waals surface area (Å²) in [6.45, 7) is -0.230. The van der Waals surface area contributed by atoms with Crippen molar-refractivity contribution in [1.29, 1.82) is 0 Å². The Balaban J connectivity index is 2.53. The first-order valence-electron chi connectivity index (χ1n) is 5.72. The van der Waals surface area contributed by atoms with Crippen molar-refractivity contribution in [3.63, 3.8) is 0 Å². The van der Waals surface area contributed by atoms with Crippen LogP contribution in [0.1, 0.15) is 13.3 Å². The van der Waals surface area contributed by atoms with E-state index in [-0.39, 0.29) is 0 Å². The molecule has 0 aromatic carbocycles. The monoisotopic (exact) mass is 294 g/mol. The Morgan fingerprint density at radius 1 is 1.65 bits per heavy atom. The van der Waals surface area contributed by atoms with Gasteiger partial charge in [0.1, 0.15) is 12.4 Å². The fraction of sp³-hybridized carbons (Fsp3) is 0.600. The molecule has 0 fully saturated rings. The smallest absolute Gasteiger partial charge is 0.390 e. The molecule has 1 heterocycles. The van der Waals surface area contributed by atoms with Gasteiger partial charge in [-0.25, -0.2) is 17.7 Å². The highest BCUT2D eigenvalue weighted by Gasteiger charge is 2.38. The second-order valence-corrected chi connectivity index (χ2v) is 4.00. The Bertz CT molecular complexity index is 492. The number of hydrogen-bond donors (Lipinski definition) is 1. The van der Waals surface area contributed by atoms with Crippen LogP contribution in [0.5, 0.6) is 0 Å². The number of nitrogens with one attached hydrogen (secondary N) is 1. The Morgan fingerprint density at radius 2 is 2.30 bits per heavy atom. The number of rotatable bonds is 7. The number of halogens is 3. The molecule has 0 aliphatic carbocycles. The molecule has 0 saturated heterocycles.